The molecule has 1 aromatic carbocycles. The molecule has 4 N–H and O–H groups in total. The van der Waals surface area contributed by atoms with Crippen molar-refractivity contribution in [3.8, 4) is 0 Å². The largest absolute Gasteiger partial charge is 0.397 e. The first-order valence-corrected chi connectivity index (χ1v) is 6.68. The van der Waals surface area contributed by atoms with E-state index >= 15 is 0 Å². The van der Waals surface area contributed by atoms with Crippen LogP contribution in [-0.2, 0) is 0 Å². The van der Waals surface area contributed by atoms with Gasteiger partial charge in [-0.2, -0.15) is 0 Å². The van der Waals surface area contributed by atoms with Crippen molar-refractivity contribution < 1.29 is 0 Å². The highest BCUT2D eigenvalue weighted by atomic mass is 15.0. The number of hydrogen-bond acceptors (Lipinski definition) is 4. The smallest absolute Gasteiger partial charge is 0.128 e. The third kappa shape index (κ3) is 2.18. The summed E-state index contributed by atoms with van der Waals surface area (Å²) in [5.74, 6) is 0.932. The molecule has 0 aliphatic heterocycles. The number of aromatic nitrogens is 3. The Morgan fingerprint density at radius 2 is 2.15 bits per heavy atom. The van der Waals surface area contributed by atoms with Crippen LogP contribution in [-0.4, -0.2) is 15.0 Å². The van der Waals surface area contributed by atoms with Gasteiger partial charge in [0.25, 0.3) is 0 Å². The van der Waals surface area contributed by atoms with Gasteiger partial charge < -0.3 is 16.0 Å². The van der Waals surface area contributed by atoms with Crippen molar-refractivity contribution in [3.63, 3.8) is 0 Å². The molecule has 2 heterocycles. The van der Waals surface area contributed by atoms with E-state index in [0.717, 1.165) is 28.8 Å². The van der Waals surface area contributed by atoms with Crippen LogP contribution < -0.4 is 11.1 Å². The molecule has 102 valence electrons. The van der Waals surface area contributed by atoms with Crippen LogP contribution in [0.25, 0.3) is 10.9 Å². The van der Waals surface area contributed by atoms with Gasteiger partial charge in [0.05, 0.1) is 17.2 Å². The fourth-order valence-electron chi connectivity index (χ4n) is 2.34. The zero-order chi connectivity index (χ0) is 13.9. The lowest BCUT2D eigenvalue weighted by Crippen LogP contribution is -2.11. The number of aromatic amines is 1. The van der Waals surface area contributed by atoms with Gasteiger partial charge in [0.2, 0.25) is 0 Å². The highest BCUT2D eigenvalue weighted by Crippen LogP contribution is 2.28. The lowest BCUT2D eigenvalue weighted by Gasteiger charge is -2.17. The molecule has 1 atom stereocenters. The van der Waals surface area contributed by atoms with Gasteiger partial charge in [-0.1, -0.05) is 19.1 Å². The number of nitrogens with two attached hydrogens (primary N) is 1. The number of hydrogen-bond donors (Lipinski definition) is 3. The summed E-state index contributed by atoms with van der Waals surface area (Å²) in [5, 5.41) is 4.54. The van der Waals surface area contributed by atoms with Gasteiger partial charge in [0.1, 0.15) is 5.82 Å². The number of para-hydroxylation sites is 1. The van der Waals surface area contributed by atoms with Crippen LogP contribution >= 0.6 is 0 Å². The minimum absolute atomic E-state index is 0.136. The van der Waals surface area contributed by atoms with Crippen molar-refractivity contribution in [1.29, 1.82) is 0 Å². The second kappa shape index (κ2) is 5.21. The van der Waals surface area contributed by atoms with Crippen LogP contribution in [0, 0.1) is 0 Å². The maximum atomic E-state index is 5.97. The van der Waals surface area contributed by atoms with E-state index in [1.165, 1.54) is 0 Å². The normalized spacial score (nSPS) is 12.4. The van der Waals surface area contributed by atoms with Crippen molar-refractivity contribution >= 4 is 22.3 Å². The van der Waals surface area contributed by atoms with E-state index in [9.17, 15) is 0 Å². The van der Waals surface area contributed by atoms with Crippen LogP contribution in [0.5, 0.6) is 0 Å². The van der Waals surface area contributed by atoms with Crippen LogP contribution in [0.15, 0.2) is 42.9 Å². The van der Waals surface area contributed by atoms with E-state index in [1.54, 1.807) is 12.4 Å². The highest BCUT2D eigenvalue weighted by molar-refractivity contribution is 5.97. The number of pyridine rings is 1. The quantitative estimate of drug-likeness (QED) is 0.634. The number of rotatable bonds is 4. The summed E-state index contributed by atoms with van der Waals surface area (Å²) in [4.78, 5) is 11.8. The van der Waals surface area contributed by atoms with Crippen LogP contribution in [0.3, 0.4) is 0 Å². The zero-order valence-electron chi connectivity index (χ0n) is 11.3. The number of anilines is 2. The molecule has 0 saturated carbocycles. The summed E-state index contributed by atoms with van der Waals surface area (Å²) >= 11 is 0. The fraction of sp³-hybridized carbons (Fsp3) is 0.200. The average Bonchev–Trinajstić information content (AvgIpc) is 2.99. The highest BCUT2D eigenvalue weighted by Gasteiger charge is 2.13. The van der Waals surface area contributed by atoms with Crippen molar-refractivity contribution in [3.05, 3.63) is 48.7 Å². The van der Waals surface area contributed by atoms with Gasteiger partial charge in [-0.3, -0.25) is 4.98 Å². The minimum Gasteiger partial charge on any atom is -0.397 e. The van der Waals surface area contributed by atoms with E-state index in [4.69, 9.17) is 5.73 Å². The van der Waals surface area contributed by atoms with E-state index in [-0.39, 0.29) is 6.04 Å². The molecule has 0 spiro atoms. The minimum atomic E-state index is 0.136. The molecular formula is C15H17N5. The van der Waals surface area contributed by atoms with Gasteiger partial charge in [-0.25, -0.2) is 4.98 Å². The molecule has 0 aliphatic carbocycles. The second-order valence-corrected chi connectivity index (χ2v) is 4.68. The van der Waals surface area contributed by atoms with Crippen molar-refractivity contribution in [2.45, 2.75) is 19.4 Å². The molecule has 0 fully saturated rings. The Morgan fingerprint density at radius 1 is 1.25 bits per heavy atom. The first-order chi connectivity index (χ1) is 9.79. The molecule has 3 aromatic rings. The number of nitrogens with zero attached hydrogens (tertiary/aromatic N) is 2. The molecule has 0 saturated heterocycles. The van der Waals surface area contributed by atoms with E-state index in [2.05, 4.69) is 27.2 Å². The van der Waals surface area contributed by atoms with Gasteiger partial charge in [0, 0.05) is 29.7 Å². The second-order valence-electron chi connectivity index (χ2n) is 4.68. The Labute approximate surface area is 117 Å². The molecule has 3 rings (SSSR count). The summed E-state index contributed by atoms with van der Waals surface area (Å²) in [6.07, 6.45) is 6.31. The maximum Gasteiger partial charge on any atom is 0.128 e. The SMILES string of the molecule is CCC(Nc1ccnc2c(N)cccc12)c1ncc[nH]1. The predicted molar refractivity (Wildman–Crippen MR) is 81.4 cm³/mol. The van der Waals surface area contributed by atoms with Crippen LogP contribution in [0.2, 0.25) is 0 Å². The summed E-state index contributed by atoms with van der Waals surface area (Å²) in [7, 11) is 0. The fourth-order valence-corrected chi connectivity index (χ4v) is 2.34. The molecule has 5 heteroatoms. The third-order valence-electron chi connectivity index (χ3n) is 3.39. The van der Waals surface area contributed by atoms with Crippen molar-refractivity contribution in [2.75, 3.05) is 11.1 Å². The third-order valence-corrected chi connectivity index (χ3v) is 3.39. The number of benzene rings is 1. The monoisotopic (exact) mass is 267 g/mol. The molecule has 0 bridgehead atoms. The Hall–Kier alpha value is -2.56. The number of nitrogens with one attached hydrogen (secondary N) is 2. The summed E-state index contributed by atoms with van der Waals surface area (Å²) in [6, 6.07) is 7.93. The topological polar surface area (TPSA) is 79.6 Å². The maximum absolute atomic E-state index is 5.97. The van der Waals surface area contributed by atoms with Gasteiger partial charge >= 0.3 is 0 Å². The van der Waals surface area contributed by atoms with Crippen LogP contribution in [0.1, 0.15) is 25.2 Å². The number of imidazole rings is 1. The number of H-pyrrole nitrogens is 1. The van der Waals surface area contributed by atoms with Gasteiger partial charge in [0.15, 0.2) is 0 Å². The lowest BCUT2D eigenvalue weighted by molar-refractivity contribution is 0.705. The molecule has 0 amide bonds. The molecule has 2 aromatic heterocycles. The predicted octanol–water partition coefficient (Wildman–Crippen LogP) is 3.10. The van der Waals surface area contributed by atoms with E-state index in [0.29, 0.717) is 5.69 Å². The summed E-state index contributed by atoms with van der Waals surface area (Å²) in [6.45, 7) is 2.12. The lowest BCUT2D eigenvalue weighted by atomic mass is 10.1. The first kappa shape index (κ1) is 12.5. The number of fused-ring (bicyclic) bond motifs is 1. The average molecular weight is 267 g/mol. The van der Waals surface area contributed by atoms with E-state index < -0.39 is 0 Å². The first-order valence-electron chi connectivity index (χ1n) is 6.68. The van der Waals surface area contributed by atoms with Crippen LogP contribution in [0.4, 0.5) is 11.4 Å². The summed E-state index contributed by atoms with van der Waals surface area (Å²) in [5.41, 5.74) is 8.51. The Kier molecular flexibility index (Phi) is 3.25. The molecule has 5 nitrogen and oxygen atoms in total. The van der Waals surface area contributed by atoms with E-state index in [1.807, 2.05) is 30.5 Å². The molecule has 0 radical (unpaired) electrons. The van der Waals surface area contributed by atoms with Gasteiger partial charge in [-0.05, 0) is 18.6 Å². The summed E-state index contributed by atoms with van der Waals surface area (Å²) < 4.78 is 0. The molecule has 1 unspecified atom stereocenters. The standard InChI is InChI=1S/C15H17N5/c1-2-12(15-18-8-9-19-15)20-13-6-7-17-14-10(13)4-3-5-11(14)16/h3-9,12H,2,16H2,1H3,(H,17,20)(H,18,19). The Balaban J connectivity index is 2.00. The Bertz CT molecular complexity index is 705. The molecule has 0 aliphatic rings. The van der Waals surface area contributed by atoms with Crippen molar-refractivity contribution in [1.82, 2.24) is 15.0 Å². The van der Waals surface area contributed by atoms with Gasteiger partial charge in [-0.15, -0.1) is 0 Å². The van der Waals surface area contributed by atoms with Crippen molar-refractivity contribution in [2.24, 2.45) is 0 Å². The number of nitrogen functional groups attached to an aromatic ring is 1. The Morgan fingerprint density at radius 3 is 2.90 bits per heavy atom. The molecular weight excluding hydrogens is 250 g/mol. The zero-order valence-corrected chi connectivity index (χ0v) is 11.3. The molecule has 20 heavy (non-hydrogen) atoms.